The Morgan fingerprint density at radius 1 is 0.396 bits per heavy atom. The first-order valence-corrected chi connectivity index (χ1v) is 18.8. The second-order valence-electron chi connectivity index (χ2n) is 13.7. The van der Waals surface area contributed by atoms with Crippen LogP contribution < -0.4 is 4.90 Å². The normalized spacial score (nSPS) is 11.8. The van der Waals surface area contributed by atoms with E-state index in [1.54, 1.807) is 0 Å². The number of thiophene rings is 1. The van der Waals surface area contributed by atoms with E-state index in [1.807, 2.05) is 11.3 Å². The van der Waals surface area contributed by atoms with Gasteiger partial charge in [0.25, 0.3) is 0 Å². The quantitative estimate of drug-likeness (QED) is 0.178. The van der Waals surface area contributed by atoms with Crippen LogP contribution in [0, 0.1) is 0 Å². The van der Waals surface area contributed by atoms with E-state index < -0.39 is 0 Å². The van der Waals surface area contributed by atoms with Gasteiger partial charge in [-0.25, -0.2) is 0 Å². The van der Waals surface area contributed by atoms with Gasteiger partial charge in [-0.2, -0.15) is 0 Å². The molecule has 3 heteroatoms. The van der Waals surface area contributed by atoms with E-state index in [4.69, 9.17) is 4.42 Å². The van der Waals surface area contributed by atoms with E-state index in [1.165, 1.54) is 53.0 Å². The molecule has 0 aliphatic carbocycles. The standard InChI is InChI=1S/C50H31NOS/c1-2-14-34-30-36(27-26-32(34)12-1)35-15-9-16-37(31-35)51(44-22-11-23-45-49(44)42-29-28-33-13-3-4-17-38(33)50(42)52-45)43-21-7-5-18-39(43)40-20-10-25-47-48(40)41-19-6-8-24-46(41)53-47/h1-31H. The molecule has 0 aliphatic rings. The van der Waals surface area contributed by atoms with Gasteiger partial charge in [0.15, 0.2) is 0 Å². The predicted octanol–water partition coefficient (Wildman–Crippen LogP) is 15.1. The van der Waals surface area contributed by atoms with Gasteiger partial charge in [0.2, 0.25) is 0 Å². The molecule has 2 nitrogen and oxygen atoms in total. The minimum absolute atomic E-state index is 0.868. The molecule has 2 aromatic heterocycles. The molecule has 11 aromatic rings. The SMILES string of the molecule is c1cc(-c2ccc3ccccc3c2)cc(N(c2ccccc2-c2cccc3sc4ccccc4c23)c2cccc3oc4c5ccccc5ccc4c23)c1. The third-order valence-corrected chi connectivity index (χ3v) is 11.8. The van der Waals surface area contributed by atoms with Crippen molar-refractivity contribution < 1.29 is 4.42 Å². The first-order valence-electron chi connectivity index (χ1n) is 18.0. The lowest BCUT2D eigenvalue weighted by atomic mass is 9.96. The lowest BCUT2D eigenvalue weighted by molar-refractivity contribution is 0.672. The summed E-state index contributed by atoms with van der Waals surface area (Å²) in [5.74, 6) is 0. The molecule has 0 spiro atoms. The summed E-state index contributed by atoms with van der Waals surface area (Å²) >= 11 is 1.86. The van der Waals surface area contributed by atoms with Crippen molar-refractivity contribution in [3.8, 4) is 22.3 Å². The van der Waals surface area contributed by atoms with Crippen molar-refractivity contribution in [3.63, 3.8) is 0 Å². The van der Waals surface area contributed by atoms with E-state index >= 15 is 0 Å². The molecule has 2 heterocycles. The van der Waals surface area contributed by atoms with Crippen LogP contribution in [0.15, 0.2) is 192 Å². The minimum atomic E-state index is 0.868. The lowest BCUT2D eigenvalue weighted by Crippen LogP contribution is -2.11. The van der Waals surface area contributed by atoms with Crippen molar-refractivity contribution in [2.45, 2.75) is 0 Å². The Bertz CT molecular complexity index is 3200. The van der Waals surface area contributed by atoms with E-state index in [-0.39, 0.29) is 0 Å². The van der Waals surface area contributed by atoms with Crippen molar-refractivity contribution in [2.75, 3.05) is 4.90 Å². The van der Waals surface area contributed by atoms with Crippen LogP contribution in [0.3, 0.4) is 0 Å². The number of hydrogen-bond acceptors (Lipinski definition) is 3. The monoisotopic (exact) mass is 693 g/mol. The highest BCUT2D eigenvalue weighted by molar-refractivity contribution is 7.25. The first-order chi connectivity index (χ1) is 26.3. The average Bonchev–Trinajstić information content (AvgIpc) is 3.81. The smallest absolute Gasteiger partial charge is 0.143 e. The molecule has 0 saturated carbocycles. The van der Waals surface area contributed by atoms with Gasteiger partial charge in [-0.1, -0.05) is 133 Å². The Kier molecular flexibility index (Phi) is 6.76. The molecule has 9 aromatic carbocycles. The Balaban J connectivity index is 1.20. The van der Waals surface area contributed by atoms with Gasteiger partial charge in [-0.3, -0.25) is 0 Å². The number of hydrogen-bond donors (Lipinski definition) is 0. The maximum Gasteiger partial charge on any atom is 0.143 e. The number of anilines is 3. The summed E-state index contributed by atoms with van der Waals surface area (Å²) in [6, 6.07) is 68.0. The van der Waals surface area contributed by atoms with Crippen LogP contribution in [0.1, 0.15) is 0 Å². The maximum absolute atomic E-state index is 6.75. The fourth-order valence-corrected chi connectivity index (χ4v) is 9.35. The number of fused-ring (bicyclic) bond motifs is 9. The number of nitrogens with zero attached hydrogens (tertiary/aromatic N) is 1. The van der Waals surface area contributed by atoms with E-state index in [0.717, 1.165) is 50.0 Å². The first kappa shape index (κ1) is 30.0. The van der Waals surface area contributed by atoms with Crippen LogP contribution in [-0.4, -0.2) is 0 Å². The van der Waals surface area contributed by atoms with Crippen LogP contribution in [0.5, 0.6) is 0 Å². The predicted molar refractivity (Wildman–Crippen MR) is 227 cm³/mol. The molecule has 0 radical (unpaired) electrons. The molecule has 0 fully saturated rings. The summed E-state index contributed by atoms with van der Waals surface area (Å²) in [5.41, 5.74) is 9.79. The van der Waals surface area contributed by atoms with Crippen LogP contribution in [0.4, 0.5) is 17.1 Å². The highest BCUT2D eigenvalue weighted by atomic mass is 32.1. The Hall–Kier alpha value is -6.68. The highest BCUT2D eigenvalue weighted by Crippen LogP contribution is 2.49. The second kappa shape index (κ2) is 11.9. The number of rotatable bonds is 5. The third kappa shape index (κ3) is 4.78. The fourth-order valence-electron chi connectivity index (χ4n) is 8.22. The molecule has 0 unspecified atom stereocenters. The van der Waals surface area contributed by atoms with Crippen molar-refractivity contribution in [1.29, 1.82) is 0 Å². The maximum atomic E-state index is 6.75. The number of furan rings is 1. The second-order valence-corrected chi connectivity index (χ2v) is 14.7. The third-order valence-electron chi connectivity index (χ3n) is 10.6. The fraction of sp³-hybridized carbons (Fsp3) is 0. The number of benzene rings is 9. The summed E-state index contributed by atoms with van der Waals surface area (Å²) in [4.78, 5) is 2.44. The van der Waals surface area contributed by atoms with Gasteiger partial charge in [0, 0.05) is 42.2 Å². The van der Waals surface area contributed by atoms with Crippen molar-refractivity contribution in [1.82, 2.24) is 0 Å². The zero-order chi connectivity index (χ0) is 34.9. The van der Waals surface area contributed by atoms with Crippen molar-refractivity contribution in [3.05, 3.63) is 188 Å². The van der Waals surface area contributed by atoms with Crippen LogP contribution >= 0.6 is 11.3 Å². The molecule has 0 amide bonds. The zero-order valence-electron chi connectivity index (χ0n) is 28.7. The molecule has 0 N–H and O–H groups in total. The van der Waals surface area contributed by atoms with E-state index in [2.05, 4.69) is 193 Å². The average molecular weight is 694 g/mol. The van der Waals surface area contributed by atoms with Gasteiger partial charge in [0.1, 0.15) is 11.2 Å². The molecule has 0 aliphatic heterocycles. The number of para-hydroxylation sites is 1. The Labute approximate surface area is 310 Å². The van der Waals surface area contributed by atoms with Gasteiger partial charge in [0.05, 0.1) is 16.8 Å². The topological polar surface area (TPSA) is 16.4 Å². The molecule has 11 rings (SSSR count). The Morgan fingerprint density at radius 2 is 1.08 bits per heavy atom. The zero-order valence-corrected chi connectivity index (χ0v) is 29.5. The highest BCUT2D eigenvalue weighted by Gasteiger charge is 2.24. The van der Waals surface area contributed by atoms with Crippen LogP contribution in [-0.2, 0) is 0 Å². The van der Waals surface area contributed by atoms with Gasteiger partial charge in [-0.05, 0) is 87.4 Å². The minimum Gasteiger partial charge on any atom is -0.455 e. The molecule has 53 heavy (non-hydrogen) atoms. The summed E-state index contributed by atoms with van der Waals surface area (Å²) in [5, 5.41) is 9.54. The molecular weight excluding hydrogens is 663 g/mol. The molecule has 0 atom stereocenters. The summed E-state index contributed by atoms with van der Waals surface area (Å²) in [7, 11) is 0. The largest absolute Gasteiger partial charge is 0.455 e. The molecular formula is C50H31NOS. The van der Waals surface area contributed by atoms with Crippen LogP contribution in [0.25, 0.3) is 85.9 Å². The van der Waals surface area contributed by atoms with E-state index in [0.29, 0.717) is 0 Å². The molecule has 0 bridgehead atoms. The van der Waals surface area contributed by atoms with Crippen molar-refractivity contribution >= 4 is 92.1 Å². The molecule has 248 valence electrons. The summed E-state index contributed by atoms with van der Waals surface area (Å²) in [6.07, 6.45) is 0. The van der Waals surface area contributed by atoms with Gasteiger partial charge >= 0.3 is 0 Å². The van der Waals surface area contributed by atoms with Gasteiger partial charge in [-0.15, -0.1) is 11.3 Å². The summed E-state index contributed by atoms with van der Waals surface area (Å²) in [6.45, 7) is 0. The van der Waals surface area contributed by atoms with Crippen molar-refractivity contribution in [2.24, 2.45) is 0 Å². The van der Waals surface area contributed by atoms with E-state index in [9.17, 15) is 0 Å². The lowest BCUT2D eigenvalue weighted by Gasteiger charge is -2.29. The molecule has 0 saturated heterocycles. The van der Waals surface area contributed by atoms with Crippen LogP contribution in [0.2, 0.25) is 0 Å². The summed E-state index contributed by atoms with van der Waals surface area (Å²) < 4.78 is 9.34. The Morgan fingerprint density at radius 3 is 2.02 bits per heavy atom. The van der Waals surface area contributed by atoms with Gasteiger partial charge < -0.3 is 9.32 Å².